The Morgan fingerprint density at radius 1 is 1.64 bits per heavy atom. The van der Waals surface area contributed by atoms with Crippen LogP contribution in [0.1, 0.15) is 24.6 Å². The first kappa shape index (κ1) is 11.0. The zero-order valence-electron chi connectivity index (χ0n) is 9.46. The molecule has 0 saturated carbocycles. The maximum Gasteiger partial charge on any atom is 0.0665 e. The first-order chi connectivity index (χ1) is 6.67. The Labute approximate surface area is 85.8 Å². The monoisotopic (exact) mass is 193 g/mol. The van der Waals surface area contributed by atoms with Gasteiger partial charge in [-0.25, -0.2) is 0 Å². The second-order valence-electron chi connectivity index (χ2n) is 3.53. The Balaban J connectivity index is 2.87. The molecule has 0 aliphatic heterocycles. The molecule has 78 valence electrons. The van der Waals surface area contributed by atoms with Gasteiger partial charge in [-0.2, -0.15) is 5.10 Å². The van der Waals surface area contributed by atoms with Gasteiger partial charge in [0.25, 0.3) is 0 Å². The number of hydrogen-bond acceptors (Lipinski definition) is 2. The number of rotatable bonds is 4. The molecule has 1 N–H and O–H groups in total. The zero-order valence-corrected chi connectivity index (χ0v) is 9.46. The van der Waals surface area contributed by atoms with Gasteiger partial charge in [-0.15, -0.1) is 0 Å². The Kier molecular flexibility index (Phi) is 3.89. The Morgan fingerprint density at radius 3 is 2.79 bits per heavy atom. The molecule has 0 fully saturated rings. The van der Waals surface area contributed by atoms with Gasteiger partial charge in [-0.05, 0) is 20.4 Å². The van der Waals surface area contributed by atoms with Crippen LogP contribution in [0.5, 0.6) is 0 Å². The van der Waals surface area contributed by atoms with E-state index in [4.69, 9.17) is 0 Å². The van der Waals surface area contributed by atoms with Gasteiger partial charge in [0, 0.05) is 25.4 Å². The summed E-state index contributed by atoms with van der Waals surface area (Å²) in [6.45, 7) is 5.16. The molecule has 0 aromatic carbocycles. The maximum absolute atomic E-state index is 4.31. The van der Waals surface area contributed by atoms with Crippen LogP contribution in [0.4, 0.5) is 0 Å². The molecule has 14 heavy (non-hydrogen) atoms. The van der Waals surface area contributed by atoms with Crippen LogP contribution in [0.2, 0.25) is 0 Å². The van der Waals surface area contributed by atoms with Gasteiger partial charge < -0.3 is 5.32 Å². The smallest absolute Gasteiger partial charge is 0.0665 e. The van der Waals surface area contributed by atoms with Gasteiger partial charge >= 0.3 is 0 Å². The predicted octanol–water partition coefficient (Wildman–Crippen LogP) is 1.74. The molecule has 1 rings (SSSR count). The molecule has 1 aromatic rings. The minimum atomic E-state index is 0.949. The number of nitrogens with zero attached hydrogens (tertiary/aromatic N) is 2. The third-order valence-corrected chi connectivity index (χ3v) is 2.27. The largest absolute Gasteiger partial charge is 0.316 e. The Morgan fingerprint density at radius 2 is 2.36 bits per heavy atom. The van der Waals surface area contributed by atoms with E-state index in [0.29, 0.717) is 0 Å². The molecule has 3 nitrogen and oxygen atoms in total. The summed E-state index contributed by atoms with van der Waals surface area (Å²) in [5.74, 6) is 0. The lowest BCUT2D eigenvalue weighted by Gasteiger charge is -2.02. The van der Waals surface area contributed by atoms with E-state index in [0.717, 1.165) is 18.7 Å². The molecule has 0 aliphatic carbocycles. The van der Waals surface area contributed by atoms with Crippen LogP contribution in [-0.2, 0) is 7.05 Å². The summed E-state index contributed by atoms with van der Waals surface area (Å²) >= 11 is 0. The highest BCUT2D eigenvalue weighted by Crippen LogP contribution is 2.11. The SMILES string of the molecule is CCC(=Cc1cn(C)nc1C)CNC. The highest BCUT2D eigenvalue weighted by atomic mass is 15.2. The van der Waals surface area contributed by atoms with E-state index in [1.807, 2.05) is 25.7 Å². The topological polar surface area (TPSA) is 29.9 Å². The van der Waals surface area contributed by atoms with Gasteiger partial charge in [0.2, 0.25) is 0 Å². The fourth-order valence-electron chi connectivity index (χ4n) is 1.48. The fraction of sp³-hybridized carbons (Fsp3) is 0.545. The molecule has 1 aromatic heterocycles. The molecule has 0 bridgehead atoms. The summed E-state index contributed by atoms with van der Waals surface area (Å²) in [6.07, 6.45) is 5.36. The Hall–Kier alpha value is -1.09. The molecular weight excluding hydrogens is 174 g/mol. The molecular formula is C11H19N3. The van der Waals surface area contributed by atoms with Crippen molar-refractivity contribution in [2.45, 2.75) is 20.3 Å². The fourth-order valence-corrected chi connectivity index (χ4v) is 1.48. The van der Waals surface area contributed by atoms with Gasteiger partial charge in [-0.3, -0.25) is 4.68 Å². The maximum atomic E-state index is 4.31. The molecule has 0 radical (unpaired) electrons. The summed E-state index contributed by atoms with van der Waals surface area (Å²) < 4.78 is 1.85. The lowest BCUT2D eigenvalue weighted by Crippen LogP contribution is -2.09. The molecule has 0 spiro atoms. The number of nitrogens with one attached hydrogen (secondary N) is 1. The molecule has 1 heterocycles. The number of hydrogen-bond donors (Lipinski definition) is 1. The standard InChI is InChI=1S/C11H19N3/c1-5-10(7-12-3)6-11-8-14(4)13-9(11)2/h6,8,12H,5,7H2,1-4H3. The molecule has 0 unspecified atom stereocenters. The minimum absolute atomic E-state index is 0.949. The van der Waals surface area contributed by atoms with Crippen molar-refractivity contribution >= 4 is 6.08 Å². The zero-order chi connectivity index (χ0) is 10.6. The van der Waals surface area contributed by atoms with E-state index in [2.05, 4.69) is 29.6 Å². The lowest BCUT2D eigenvalue weighted by atomic mass is 10.1. The van der Waals surface area contributed by atoms with Crippen molar-refractivity contribution in [3.63, 3.8) is 0 Å². The van der Waals surface area contributed by atoms with Crippen molar-refractivity contribution in [3.8, 4) is 0 Å². The average Bonchev–Trinajstić information content (AvgIpc) is 2.44. The summed E-state index contributed by atoms with van der Waals surface area (Å²) in [7, 11) is 3.92. The number of aryl methyl sites for hydroxylation is 2. The molecule has 0 amide bonds. The van der Waals surface area contributed by atoms with Crippen molar-refractivity contribution in [2.75, 3.05) is 13.6 Å². The predicted molar refractivity (Wildman–Crippen MR) is 60.1 cm³/mol. The third-order valence-electron chi connectivity index (χ3n) is 2.27. The van der Waals surface area contributed by atoms with Gasteiger partial charge in [0.05, 0.1) is 5.69 Å². The van der Waals surface area contributed by atoms with Crippen LogP contribution in [0.3, 0.4) is 0 Å². The van der Waals surface area contributed by atoms with E-state index >= 15 is 0 Å². The van der Waals surface area contributed by atoms with Gasteiger partial charge in [-0.1, -0.05) is 18.6 Å². The molecule has 3 heteroatoms. The van der Waals surface area contributed by atoms with Crippen molar-refractivity contribution < 1.29 is 0 Å². The lowest BCUT2D eigenvalue weighted by molar-refractivity contribution is 0.756. The first-order valence-electron chi connectivity index (χ1n) is 5.01. The first-order valence-corrected chi connectivity index (χ1v) is 5.01. The quantitative estimate of drug-likeness (QED) is 0.789. The normalized spacial score (nSPS) is 12.1. The van der Waals surface area contributed by atoms with Crippen LogP contribution in [0.25, 0.3) is 6.08 Å². The van der Waals surface area contributed by atoms with Crippen LogP contribution in [0.15, 0.2) is 11.8 Å². The summed E-state index contributed by atoms with van der Waals surface area (Å²) in [6, 6.07) is 0. The molecule has 0 saturated heterocycles. The minimum Gasteiger partial charge on any atom is -0.316 e. The van der Waals surface area contributed by atoms with Gasteiger partial charge in [0.1, 0.15) is 0 Å². The second-order valence-corrected chi connectivity index (χ2v) is 3.53. The van der Waals surface area contributed by atoms with Gasteiger partial charge in [0.15, 0.2) is 0 Å². The summed E-state index contributed by atoms with van der Waals surface area (Å²) in [5.41, 5.74) is 3.72. The van der Waals surface area contributed by atoms with Crippen molar-refractivity contribution in [3.05, 3.63) is 23.0 Å². The highest BCUT2D eigenvalue weighted by Gasteiger charge is 2.01. The van der Waals surface area contributed by atoms with Crippen LogP contribution in [0, 0.1) is 6.92 Å². The van der Waals surface area contributed by atoms with E-state index in [9.17, 15) is 0 Å². The Bertz CT molecular complexity index is 323. The second kappa shape index (κ2) is 4.96. The summed E-state index contributed by atoms with van der Waals surface area (Å²) in [4.78, 5) is 0. The van der Waals surface area contributed by atoms with E-state index in [-0.39, 0.29) is 0 Å². The summed E-state index contributed by atoms with van der Waals surface area (Å²) in [5, 5.41) is 7.48. The van der Waals surface area contributed by atoms with Crippen LogP contribution in [-0.4, -0.2) is 23.4 Å². The van der Waals surface area contributed by atoms with Crippen molar-refractivity contribution in [2.24, 2.45) is 7.05 Å². The molecule has 0 aliphatic rings. The van der Waals surface area contributed by atoms with E-state index in [1.54, 1.807) is 0 Å². The number of aromatic nitrogens is 2. The van der Waals surface area contributed by atoms with Crippen molar-refractivity contribution in [1.29, 1.82) is 0 Å². The number of likely N-dealkylation sites (N-methyl/N-ethyl adjacent to an activating group) is 1. The van der Waals surface area contributed by atoms with Crippen molar-refractivity contribution in [1.82, 2.24) is 15.1 Å². The highest BCUT2D eigenvalue weighted by molar-refractivity contribution is 5.54. The van der Waals surface area contributed by atoms with E-state index in [1.165, 1.54) is 11.1 Å². The third kappa shape index (κ3) is 2.70. The van der Waals surface area contributed by atoms with Crippen LogP contribution < -0.4 is 5.32 Å². The van der Waals surface area contributed by atoms with E-state index < -0.39 is 0 Å². The van der Waals surface area contributed by atoms with Crippen LogP contribution >= 0.6 is 0 Å². The molecule has 0 atom stereocenters. The average molecular weight is 193 g/mol.